The molecule has 1 N–H and O–H groups in total. The Morgan fingerprint density at radius 1 is 1.00 bits per heavy atom. The van der Waals surface area contributed by atoms with Gasteiger partial charge < -0.3 is 5.11 Å². The third-order valence-electron chi connectivity index (χ3n) is 2.66. The van der Waals surface area contributed by atoms with Crippen LogP contribution in [0.1, 0.15) is 5.56 Å². The van der Waals surface area contributed by atoms with Gasteiger partial charge in [0.1, 0.15) is 0 Å². The van der Waals surface area contributed by atoms with E-state index in [0.29, 0.717) is 31.8 Å². The fraction of sp³-hybridized carbons (Fsp3) is 0.0714. The summed E-state index contributed by atoms with van der Waals surface area (Å²) in [4.78, 5) is 10.8. The van der Waals surface area contributed by atoms with Crippen molar-refractivity contribution in [3.63, 3.8) is 0 Å². The van der Waals surface area contributed by atoms with Gasteiger partial charge in [-0.25, -0.2) is 0 Å². The van der Waals surface area contributed by atoms with Gasteiger partial charge in [-0.3, -0.25) is 4.79 Å². The maximum atomic E-state index is 10.8. The van der Waals surface area contributed by atoms with E-state index in [4.69, 9.17) is 51.5 Å². The zero-order chi connectivity index (χ0) is 14.9. The van der Waals surface area contributed by atoms with Gasteiger partial charge in [0.2, 0.25) is 0 Å². The zero-order valence-electron chi connectivity index (χ0n) is 9.96. The molecule has 104 valence electrons. The van der Waals surface area contributed by atoms with Crippen LogP contribution < -0.4 is 0 Å². The molecule has 0 radical (unpaired) electrons. The number of hydrogen-bond acceptors (Lipinski definition) is 1. The van der Waals surface area contributed by atoms with Gasteiger partial charge in [0.05, 0.1) is 21.5 Å². The van der Waals surface area contributed by atoms with E-state index in [1.165, 1.54) is 0 Å². The van der Waals surface area contributed by atoms with E-state index >= 15 is 0 Å². The molecule has 0 fully saturated rings. The first-order valence-corrected chi connectivity index (χ1v) is 7.05. The SMILES string of the molecule is O=C(O)Cc1cc(Cl)cc(-c2ccc(Cl)c(Cl)c2Cl)c1. The fourth-order valence-electron chi connectivity index (χ4n) is 1.83. The van der Waals surface area contributed by atoms with Gasteiger partial charge in [-0.05, 0) is 29.3 Å². The van der Waals surface area contributed by atoms with Gasteiger partial charge in [-0.15, -0.1) is 0 Å². The predicted molar refractivity (Wildman–Crippen MR) is 83.3 cm³/mol. The lowest BCUT2D eigenvalue weighted by molar-refractivity contribution is -0.136. The number of carboxylic acid groups (broad SMARTS) is 1. The van der Waals surface area contributed by atoms with Crippen LogP contribution in [0.3, 0.4) is 0 Å². The molecule has 2 aromatic rings. The Bertz CT molecular complexity index is 683. The van der Waals surface area contributed by atoms with Crippen molar-refractivity contribution in [1.82, 2.24) is 0 Å². The maximum absolute atomic E-state index is 10.8. The van der Waals surface area contributed by atoms with Gasteiger partial charge in [-0.1, -0.05) is 58.5 Å². The Morgan fingerprint density at radius 3 is 2.35 bits per heavy atom. The Kier molecular flexibility index (Phi) is 4.82. The topological polar surface area (TPSA) is 37.3 Å². The average molecular weight is 350 g/mol. The summed E-state index contributed by atoms with van der Waals surface area (Å²) in [6, 6.07) is 8.35. The van der Waals surface area contributed by atoms with E-state index in [1.54, 1.807) is 30.3 Å². The predicted octanol–water partition coefficient (Wildman–Crippen LogP) is 5.59. The molecule has 0 aliphatic rings. The second-order valence-electron chi connectivity index (χ2n) is 4.14. The molecule has 0 atom stereocenters. The standard InChI is InChI=1S/C14H8Cl4O2/c15-9-4-7(5-12(19)20)3-8(6-9)10-1-2-11(16)14(18)13(10)17/h1-4,6H,5H2,(H,19,20). The van der Waals surface area contributed by atoms with Crippen LogP contribution in [0.2, 0.25) is 20.1 Å². The van der Waals surface area contributed by atoms with Crippen LogP contribution in [0.15, 0.2) is 30.3 Å². The Labute approximate surface area is 135 Å². The molecule has 2 aromatic carbocycles. The normalized spacial score (nSPS) is 10.6. The van der Waals surface area contributed by atoms with E-state index in [0.717, 1.165) is 0 Å². The molecule has 0 bridgehead atoms. The van der Waals surface area contributed by atoms with Crippen molar-refractivity contribution in [1.29, 1.82) is 0 Å². The van der Waals surface area contributed by atoms with Crippen LogP contribution in [0.5, 0.6) is 0 Å². The number of halogens is 4. The molecule has 0 aromatic heterocycles. The van der Waals surface area contributed by atoms with Gasteiger partial charge in [-0.2, -0.15) is 0 Å². The second-order valence-corrected chi connectivity index (χ2v) is 5.74. The maximum Gasteiger partial charge on any atom is 0.307 e. The summed E-state index contributed by atoms with van der Waals surface area (Å²) in [5.41, 5.74) is 1.93. The summed E-state index contributed by atoms with van der Waals surface area (Å²) in [6.07, 6.45) is -0.119. The van der Waals surface area contributed by atoms with E-state index < -0.39 is 5.97 Å². The lowest BCUT2D eigenvalue weighted by Gasteiger charge is -2.09. The molecule has 0 amide bonds. The zero-order valence-corrected chi connectivity index (χ0v) is 13.0. The molecule has 0 saturated carbocycles. The smallest absolute Gasteiger partial charge is 0.307 e. The van der Waals surface area contributed by atoms with Crippen LogP contribution in [0.4, 0.5) is 0 Å². The van der Waals surface area contributed by atoms with Crippen LogP contribution in [-0.4, -0.2) is 11.1 Å². The van der Waals surface area contributed by atoms with Gasteiger partial charge in [0, 0.05) is 10.6 Å². The van der Waals surface area contributed by atoms with Crippen molar-refractivity contribution in [3.05, 3.63) is 56.0 Å². The molecule has 6 heteroatoms. The highest BCUT2D eigenvalue weighted by Crippen LogP contribution is 2.38. The summed E-state index contributed by atoms with van der Waals surface area (Å²) < 4.78 is 0. The van der Waals surface area contributed by atoms with Gasteiger partial charge in [0.25, 0.3) is 0 Å². The highest BCUT2D eigenvalue weighted by atomic mass is 35.5. The van der Waals surface area contributed by atoms with Gasteiger partial charge in [0.15, 0.2) is 0 Å². The van der Waals surface area contributed by atoms with E-state index in [1.807, 2.05) is 0 Å². The molecule has 0 aliphatic carbocycles. The van der Waals surface area contributed by atoms with Crippen molar-refractivity contribution in [3.8, 4) is 11.1 Å². The number of rotatable bonds is 3. The Balaban J connectivity index is 2.55. The highest BCUT2D eigenvalue weighted by Gasteiger charge is 2.12. The number of benzene rings is 2. The van der Waals surface area contributed by atoms with Crippen LogP contribution in [0, 0.1) is 0 Å². The fourth-order valence-corrected chi connectivity index (χ4v) is 2.73. The third kappa shape index (κ3) is 3.39. The summed E-state index contributed by atoms with van der Waals surface area (Å²) in [6.45, 7) is 0. The number of carbonyl (C=O) groups is 1. The minimum absolute atomic E-state index is 0.119. The summed E-state index contributed by atoms with van der Waals surface area (Å²) >= 11 is 24.1. The minimum atomic E-state index is -0.932. The number of hydrogen-bond donors (Lipinski definition) is 1. The van der Waals surface area contributed by atoms with E-state index in [-0.39, 0.29) is 11.4 Å². The first-order valence-electron chi connectivity index (χ1n) is 5.53. The first kappa shape index (κ1) is 15.5. The highest BCUT2D eigenvalue weighted by molar-refractivity contribution is 6.49. The van der Waals surface area contributed by atoms with Gasteiger partial charge >= 0.3 is 5.97 Å². The summed E-state index contributed by atoms with van der Waals surface area (Å²) in [5.74, 6) is -0.932. The molecular weight excluding hydrogens is 342 g/mol. The van der Waals surface area contributed by atoms with E-state index in [2.05, 4.69) is 0 Å². The van der Waals surface area contributed by atoms with Crippen molar-refractivity contribution in [2.45, 2.75) is 6.42 Å². The Hall–Kier alpha value is -0.930. The summed E-state index contributed by atoms with van der Waals surface area (Å²) in [5, 5.41) is 10.2. The molecule has 2 rings (SSSR count). The molecule has 0 heterocycles. The van der Waals surface area contributed by atoms with Crippen molar-refractivity contribution < 1.29 is 9.90 Å². The molecule has 0 spiro atoms. The van der Waals surface area contributed by atoms with Crippen LogP contribution in [0.25, 0.3) is 11.1 Å². The molecule has 20 heavy (non-hydrogen) atoms. The summed E-state index contributed by atoms with van der Waals surface area (Å²) in [7, 11) is 0. The molecule has 2 nitrogen and oxygen atoms in total. The molecular formula is C14H8Cl4O2. The number of carboxylic acids is 1. The van der Waals surface area contributed by atoms with Crippen molar-refractivity contribution in [2.24, 2.45) is 0 Å². The lowest BCUT2D eigenvalue weighted by Crippen LogP contribution is -2.00. The van der Waals surface area contributed by atoms with Crippen molar-refractivity contribution >= 4 is 52.4 Å². The molecule has 0 unspecified atom stereocenters. The Morgan fingerprint density at radius 2 is 1.70 bits per heavy atom. The largest absolute Gasteiger partial charge is 0.481 e. The third-order valence-corrected chi connectivity index (χ3v) is 4.17. The molecule has 0 aliphatic heterocycles. The molecule has 0 saturated heterocycles. The lowest BCUT2D eigenvalue weighted by atomic mass is 10.0. The second kappa shape index (κ2) is 6.23. The van der Waals surface area contributed by atoms with Crippen molar-refractivity contribution in [2.75, 3.05) is 0 Å². The van der Waals surface area contributed by atoms with Crippen LogP contribution >= 0.6 is 46.4 Å². The van der Waals surface area contributed by atoms with Crippen LogP contribution in [-0.2, 0) is 11.2 Å². The monoisotopic (exact) mass is 348 g/mol. The van der Waals surface area contributed by atoms with E-state index in [9.17, 15) is 4.79 Å². The first-order chi connectivity index (χ1) is 9.38. The average Bonchev–Trinajstić information content (AvgIpc) is 2.34. The minimum Gasteiger partial charge on any atom is -0.481 e. The quantitative estimate of drug-likeness (QED) is 0.733. The number of aliphatic carboxylic acids is 1.